The Morgan fingerprint density at radius 3 is 2.60 bits per heavy atom. The van der Waals surface area contributed by atoms with Gasteiger partial charge in [0.1, 0.15) is 12.4 Å². The molecule has 4 rings (SSSR count). The maximum absolute atomic E-state index is 12.5. The van der Waals surface area contributed by atoms with Crippen LogP contribution in [0, 0.1) is 6.07 Å². The smallest absolute Gasteiger partial charge is 0.381 e. The molecule has 1 N–H and O–H groups in total. The number of pyridine rings is 2. The number of halogens is 3. The van der Waals surface area contributed by atoms with Gasteiger partial charge < -0.3 is 19.0 Å². The Bertz CT molecular complexity index is 1230. The Hall–Kier alpha value is -3.27. The van der Waals surface area contributed by atoms with Crippen LogP contribution < -0.4 is 4.74 Å². The van der Waals surface area contributed by atoms with Crippen LogP contribution in [0.3, 0.4) is 0 Å². The first kappa shape index (κ1) is 28.0. The molecule has 0 aliphatic carbocycles. The minimum atomic E-state index is -4.34. The summed E-state index contributed by atoms with van der Waals surface area (Å²) in [7, 11) is 0. The van der Waals surface area contributed by atoms with Crippen LogP contribution in [0.25, 0.3) is 16.9 Å². The molecule has 1 aromatic carbocycles. The average Bonchev–Trinajstić information content (AvgIpc) is 3.26. The Labute approximate surface area is 212 Å². The standard InChI is InChI=1S/C14H8F3N2.C10H13NO4.Ir/c15-14(16,17)11-6-4-10(5-7-11)13-18-9-12-3-1-2-8-19(12)13;1-2-14-5-6-15-8-3-4-11-9(7-8)10(12)13;/h1-4,6-9H;3-4,7H,2,5-6H2,1H3,(H,12,13);/q-1;;. The number of aromatic nitrogens is 3. The van der Waals surface area contributed by atoms with Crippen LogP contribution >= 0.6 is 0 Å². The molecule has 0 aliphatic heterocycles. The maximum Gasteiger partial charge on any atom is 0.381 e. The van der Waals surface area contributed by atoms with Gasteiger partial charge in [-0.15, -0.1) is 29.8 Å². The third-order valence-electron chi connectivity index (χ3n) is 4.47. The summed E-state index contributed by atoms with van der Waals surface area (Å²) in [6.07, 6.45) is 0.535. The molecule has 0 bridgehead atoms. The van der Waals surface area contributed by atoms with Crippen molar-refractivity contribution in [3.05, 3.63) is 84.4 Å². The predicted octanol–water partition coefficient (Wildman–Crippen LogP) is 5.01. The van der Waals surface area contributed by atoms with E-state index in [1.807, 2.05) is 31.3 Å². The summed E-state index contributed by atoms with van der Waals surface area (Å²) >= 11 is 0. The molecule has 1 radical (unpaired) electrons. The summed E-state index contributed by atoms with van der Waals surface area (Å²) in [5.41, 5.74) is 0.672. The number of ether oxygens (including phenoxy) is 2. The summed E-state index contributed by atoms with van der Waals surface area (Å²) in [5, 5.41) is 8.68. The van der Waals surface area contributed by atoms with E-state index in [0.717, 1.165) is 17.6 Å². The van der Waals surface area contributed by atoms with Crippen LogP contribution in [0.2, 0.25) is 0 Å². The normalized spacial score (nSPS) is 10.7. The summed E-state index contributed by atoms with van der Waals surface area (Å²) in [6.45, 7) is 3.42. The number of aromatic carboxylic acids is 1. The van der Waals surface area contributed by atoms with E-state index in [-0.39, 0.29) is 25.8 Å². The van der Waals surface area contributed by atoms with Gasteiger partial charge >= 0.3 is 12.1 Å². The van der Waals surface area contributed by atoms with Crippen LogP contribution in [-0.2, 0) is 31.0 Å². The molecule has 11 heteroatoms. The van der Waals surface area contributed by atoms with Crippen molar-refractivity contribution in [1.29, 1.82) is 0 Å². The first-order chi connectivity index (χ1) is 16.3. The number of carboxylic acid groups (broad SMARTS) is 1. The van der Waals surface area contributed by atoms with Crippen molar-refractivity contribution in [2.75, 3.05) is 19.8 Å². The van der Waals surface area contributed by atoms with Gasteiger partial charge in [-0.05, 0) is 30.7 Å². The van der Waals surface area contributed by atoms with Gasteiger partial charge in [0.25, 0.3) is 0 Å². The molecule has 3 heterocycles. The van der Waals surface area contributed by atoms with Crippen LogP contribution in [0.5, 0.6) is 5.75 Å². The van der Waals surface area contributed by atoms with Crippen molar-refractivity contribution >= 4 is 11.5 Å². The van der Waals surface area contributed by atoms with Crippen molar-refractivity contribution in [2.24, 2.45) is 0 Å². The third-order valence-corrected chi connectivity index (χ3v) is 4.47. The van der Waals surface area contributed by atoms with E-state index in [9.17, 15) is 18.0 Å². The van der Waals surface area contributed by atoms with Gasteiger partial charge in [0.05, 0.1) is 17.9 Å². The number of imidazole rings is 1. The van der Waals surface area contributed by atoms with Crippen molar-refractivity contribution in [3.63, 3.8) is 0 Å². The quantitative estimate of drug-likeness (QED) is 0.221. The molecule has 187 valence electrons. The van der Waals surface area contributed by atoms with Gasteiger partial charge in [-0.1, -0.05) is 6.07 Å². The van der Waals surface area contributed by atoms with Crippen molar-refractivity contribution < 1.29 is 52.7 Å². The molecule has 0 spiro atoms. The van der Waals surface area contributed by atoms with Gasteiger partial charge in [-0.25, -0.2) is 9.78 Å². The summed E-state index contributed by atoms with van der Waals surface area (Å²) in [4.78, 5) is 18.5. The summed E-state index contributed by atoms with van der Waals surface area (Å²) in [6, 6.07) is 14.6. The maximum atomic E-state index is 12.5. The van der Waals surface area contributed by atoms with Crippen LogP contribution in [0.4, 0.5) is 13.2 Å². The fraction of sp³-hybridized carbons (Fsp3) is 0.208. The van der Waals surface area contributed by atoms with Crippen molar-refractivity contribution in [3.8, 4) is 17.1 Å². The second-order valence-corrected chi connectivity index (χ2v) is 6.79. The molecule has 35 heavy (non-hydrogen) atoms. The number of hydrogen-bond donors (Lipinski definition) is 1. The molecule has 0 aliphatic rings. The van der Waals surface area contributed by atoms with Crippen molar-refractivity contribution in [2.45, 2.75) is 13.1 Å². The molecule has 0 unspecified atom stereocenters. The van der Waals surface area contributed by atoms with Crippen molar-refractivity contribution in [1.82, 2.24) is 14.4 Å². The van der Waals surface area contributed by atoms with Gasteiger partial charge in [0.2, 0.25) is 0 Å². The molecular weight excluding hydrogens is 643 g/mol. The van der Waals surface area contributed by atoms with E-state index in [1.165, 1.54) is 18.3 Å². The zero-order valence-electron chi connectivity index (χ0n) is 18.5. The number of nitrogens with zero attached hydrogens (tertiary/aromatic N) is 3. The van der Waals surface area contributed by atoms with E-state index in [4.69, 9.17) is 14.6 Å². The SMILES string of the molecule is CCOCCOc1ccnc(C(=O)O)c1.FC(F)(F)c1c[c-]c(-c2ncc3ccccn23)cc1.[Ir]. The molecule has 4 aromatic rings. The van der Waals surface area contributed by atoms with E-state index < -0.39 is 17.7 Å². The monoisotopic (exact) mass is 665 g/mol. The molecule has 0 atom stereocenters. The Morgan fingerprint density at radius 2 is 1.94 bits per heavy atom. The first-order valence-corrected chi connectivity index (χ1v) is 10.2. The molecule has 3 aromatic heterocycles. The molecule has 7 nitrogen and oxygen atoms in total. The minimum Gasteiger partial charge on any atom is -0.491 e. The summed E-state index contributed by atoms with van der Waals surface area (Å²) < 4.78 is 49.6. The molecule has 0 fully saturated rings. The first-order valence-electron chi connectivity index (χ1n) is 10.2. The zero-order chi connectivity index (χ0) is 24.6. The number of rotatable bonds is 7. The largest absolute Gasteiger partial charge is 0.491 e. The van der Waals surface area contributed by atoms with E-state index in [1.54, 1.807) is 16.7 Å². The summed E-state index contributed by atoms with van der Waals surface area (Å²) in [5.74, 6) is -0.00307. The van der Waals surface area contributed by atoms with Gasteiger partial charge in [0, 0.05) is 51.4 Å². The fourth-order valence-electron chi connectivity index (χ4n) is 2.86. The van der Waals surface area contributed by atoms with E-state index in [0.29, 0.717) is 37.0 Å². The van der Waals surface area contributed by atoms with E-state index in [2.05, 4.69) is 16.0 Å². The molecule has 0 saturated heterocycles. The number of fused-ring (bicyclic) bond motifs is 1. The second kappa shape index (κ2) is 13.0. The zero-order valence-corrected chi connectivity index (χ0v) is 20.8. The third kappa shape index (κ3) is 7.88. The van der Waals surface area contributed by atoms with Gasteiger partial charge in [0.15, 0.2) is 5.69 Å². The van der Waals surface area contributed by atoms with Crippen LogP contribution in [-0.4, -0.2) is 45.3 Å². The van der Waals surface area contributed by atoms with Gasteiger partial charge in [-0.2, -0.15) is 13.2 Å². The predicted molar refractivity (Wildman–Crippen MR) is 118 cm³/mol. The van der Waals surface area contributed by atoms with Crippen LogP contribution in [0.1, 0.15) is 23.0 Å². The number of alkyl halides is 3. The van der Waals surface area contributed by atoms with Gasteiger partial charge in [-0.3, -0.25) is 4.98 Å². The minimum absolute atomic E-state index is 0. The average molecular weight is 665 g/mol. The number of benzene rings is 1. The Balaban J connectivity index is 0.000000247. The van der Waals surface area contributed by atoms with E-state index >= 15 is 0 Å². The fourth-order valence-corrected chi connectivity index (χ4v) is 2.86. The second-order valence-electron chi connectivity index (χ2n) is 6.79. The number of carbonyl (C=O) groups is 1. The Morgan fingerprint density at radius 1 is 1.14 bits per heavy atom. The topological polar surface area (TPSA) is 86.0 Å². The van der Waals surface area contributed by atoms with Crippen LogP contribution in [0.15, 0.2) is 67.1 Å². The molecule has 0 saturated carbocycles. The molecule has 0 amide bonds. The number of hydrogen-bond acceptors (Lipinski definition) is 5. The Kier molecular flexibility index (Phi) is 10.4. The number of carboxylic acids is 1. The molecular formula is C24H21F3IrN3O4-.